The molecule has 0 saturated heterocycles. The van der Waals surface area contributed by atoms with E-state index in [-0.39, 0.29) is 12.1 Å². The van der Waals surface area contributed by atoms with Crippen LogP contribution in [0.4, 0.5) is 13.2 Å². The van der Waals surface area contributed by atoms with Crippen LogP contribution in [0.2, 0.25) is 0 Å². The maximum absolute atomic E-state index is 11.7. The van der Waals surface area contributed by atoms with E-state index in [0.29, 0.717) is 13.2 Å². The van der Waals surface area contributed by atoms with Crippen LogP contribution < -0.4 is 5.32 Å². The van der Waals surface area contributed by atoms with Crippen molar-refractivity contribution in [3.8, 4) is 0 Å². The quantitative estimate of drug-likeness (QED) is 0.672. The molecular formula is C9H18F3NO2. The van der Waals surface area contributed by atoms with Crippen molar-refractivity contribution in [3.05, 3.63) is 0 Å². The van der Waals surface area contributed by atoms with Crippen molar-refractivity contribution in [2.24, 2.45) is 0 Å². The van der Waals surface area contributed by atoms with Crippen LogP contribution in [0.5, 0.6) is 0 Å². The first-order valence-electron chi connectivity index (χ1n) is 4.65. The number of hydrogen-bond donors (Lipinski definition) is 1. The molecule has 0 radical (unpaired) electrons. The highest BCUT2D eigenvalue weighted by Crippen LogP contribution is 2.14. The van der Waals surface area contributed by atoms with Crippen LogP contribution in [-0.4, -0.2) is 45.2 Å². The van der Waals surface area contributed by atoms with Gasteiger partial charge in [-0.25, -0.2) is 0 Å². The topological polar surface area (TPSA) is 30.5 Å². The summed E-state index contributed by atoms with van der Waals surface area (Å²) in [5.74, 6) is 0. The molecule has 0 saturated carbocycles. The summed E-state index contributed by atoms with van der Waals surface area (Å²) >= 11 is 0. The molecular weight excluding hydrogens is 211 g/mol. The van der Waals surface area contributed by atoms with Crippen LogP contribution in [0, 0.1) is 0 Å². The van der Waals surface area contributed by atoms with E-state index in [0.717, 1.165) is 0 Å². The third kappa shape index (κ3) is 9.96. The molecule has 0 unspecified atom stereocenters. The van der Waals surface area contributed by atoms with Crippen LogP contribution in [0.1, 0.15) is 13.8 Å². The molecule has 0 aromatic rings. The molecule has 0 aliphatic rings. The van der Waals surface area contributed by atoms with Crippen LogP contribution in [-0.2, 0) is 9.47 Å². The van der Waals surface area contributed by atoms with Gasteiger partial charge in [-0.1, -0.05) is 0 Å². The van der Waals surface area contributed by atoms with E-state index in [4.69, 9.17) is 4.74 Å². The Balaban J connectivity index is 3.46. The standard InChI is InChI=1S/C9H18F3NO2/c1-8(2,6-14-3)13-4-5-15-7-9(10,11)12/h13H,4-7H2,1-3H3. The highest BCUT2D eigenvalue weighted by molar-refractivity contribution is 4.76. The summed E-state index contributed by atoms with van der Waals surface area (Å²) in [6, 6.07) is 0. The van der Waals surface area contributed by atoms with Gasteiger partial charge in [0.2, 0.25) is 0 Å². The molecule has 0 atom stereocenters. The van der Waals surface area contributed by atoms with Crippen molar-refractivity contribution in [3.63, 3.8) is 0 Å². The Morgan fingerprint density at radius 2 is 1.73 bits per heavy atom. The summed E-state index contributed by atoms with van der Waals surface area (Å²) in [4.78, 5) is 0. The Morgan fingerprint density at radius 1 is 1.13 bits per heavy atom. The van der Waals surface area contributed by atoms with Gasteiger partial charge in [0.1, 0.15) is 6.61 Å². The first kappa shape index (κ1) is 14.7. The largest absolute Gasteiger partial charge is 0.411 e. The molecule has 0 rings (SSSR count). The molecule has 0 spiro atoms. The minimum atomic E-state index is -4.25. The van der Waals surface area contributed by atoms with Gasteiger partial charge < -0.3 is 14.8 Å². The number of hydrogen-bond acceptors (Lipinski definition) is 3. The molecule has 0 aliphatic carbocycles. The van der Waals surface area contributed by atoms with Gasteiger partial charge in [0, 0.05) is 19.2 Å². The molecule has 15 heavy (non-hydrogen) atoms. The molecule has 0 aromatic heterocycles. The van der Waals surface area contributed by atoms with Crippen molar-refractivity contribution in [2.45, 2.75) is 25.6 Å². The van der Waals surface area contributed by atoms with E-state index in [1.54, 1.807) is 7.11 Å². The van der Waals surface area contributed by atoms with E-state index >= 15 is 0 Å². The van der Waals surface area contributed by atoms with Crippen molar-refractivity contribution in [1.29, 1.82) is 0 Å². The number of ether oxygens (including phenoxy) is 2. The molecule has 0 amide bonds. The Hall–Kier alpha value is -0.330. The molecule has 0 fully saturated rings. The summed E-state index contributed by atoms with van der Waals surface area (Å²) in [7, 11) is 1.57. The highest BCUT2D eigenvalue weighted by Gasteiger charge is 2.27. The van der Waals surface area contributed by atoms with Crippen LogP contribution >= 0.6 is 0 Å². The molecule has 92 valence electrons. The monoisotopic (exact) mass is 229 g/mol. The zero-order valence-corrected chi connectivity index (χ0v) is 9.28. The predicted molar refractivity (Wildman–Crippen MR) is 50.8 cm³/mol. The third-order valence-corrected chi connectivity index (χ3v) is 1.62. The summed E-state index contributed by atoms with van der Waals surface area (Å²) < 4.78 is 44.4. The Labute approximate surface area is 87.9 Å². The van der Waals surface area contributed by atoms with Gasteiger partial charge in [-0.2, -0.15) is 13.2 Å². The molecule has 3 nitrogen and oxygen atoms in total. The molecule has 0 aliphatic heterocycles. The van der Waals surface area contributed by atoms with Crippen molar-refractivity contribution < 1.29 is 22.6 Å². The van der Waals surface area contributed by atoms with Gasteiger partial charge in [-0.05, 0) is 13.8 Å². The minimum Gasteiger partial charge on any atom is -0.383 e. The fourth-order valence-electron chi connectivity index (χ4n) is 1.06. The van der Waals surface area contributed by atoms with Gasteiger partial charge in [-0.3, -0.25) is 0 Å². The lowest BCUT2D eigenvalue weighted by atomic mass is 10.1. The van der Waals surface area contributed by atoms with Gasteiger partial charge in [0.25, 0.3) is 0 Å². The van der Waals surface area contributed by atoms with Crippen LogP contribution in [0.15, 0.2) is 0 Å². The van der Waals surface area contributed by atoms with Gasteiger partial charge in [-0.15, -0.1) is 0 Å². The third-order valence-electron chi connectivity index (χ3n) is 1.62. The number of halogens is 3. The number of alkyl halides is 3. The van der Waals surface area contributed by atoms with Gasteiger partial charge >= 0.3 is 6.18 Å². The second kappa shape index (κ2) is 6.30. The number of rotatable bonds is 7. The summed E-state index contributed by atoms with van der Waals surface area (Å²) in [6.45, 7) is 3.51. The smallest absolute Gasteiger partial charge is 0.383 e. The van der Waals surface area contributed by atoms with Crippen molar-refractivity contribution in [2.75, 3.05) is 33.5 Å². The first-order chi connectivity index (χ1) is 6.77. The van der Waals surface area contributed by atoms with E-state index in [2.05, 4.69) is 10.1 Å². The van der Waals surface area contributed by atoms with E-state index in [1.807, 2.05) is 13.8 Å². The Kier molecular flexibility index (Phi) is 6.16. The second-order valence-corrected chi connectivity index (χ2v) is 3.91. The molecule has 0 aromatic carbocycles. The number of methoxy groups -OCH3 is 1. The van der Waals surface area contributed by atoms with Crippen LogP contribution in [0.25, 0.3) is 0 Å². The summed E-state index contributed by atoms with van der Waals surface area (Å²) in [6.07, 6.45) is -4.25. The fraction of sp³-hybridized carbons (Fsp3) is 1.00. The zero-order chi connectivity index (χ0) is 11.9. The van der Waals surface area contributed by atoms with E-state index in [9.17, 15) is 13.2 Å². The first-order valence-corrected chi connectivity index (χ1v) is 4.65. The lowest BCUT2D eigenvalue weighted by molar-refractivity contribution is -0.173. The summed E-state index contributed by atoms with van der Waals surface area (Å²) in [5.41, 5.74) is -0.254. The maximum atomic E-state index is 11.7. The maximum Gasteiger partial charge on any atom is 0.411 e. The minimum absolute atomic E-state index is 0.0344. The van der Waals surface area contributed by atoms with Crippen LogP contribution in [0.3, 0.4) is 0 Å². The molecule has 6 heteroatoms. The van der Waals surface area contributed by atoms with Gasteiger partial charge in [0.15, 0.2) is 0 Å². The second-order valence-electron chi connectivity index (χ2n) is 3.91. The normalized spacial score (nSPS) is 13.2. The van der Waals surface area contributed by atoms with Crippen molar-refractivity contribution >= 4 is 0 Å². The molecule has 0 bridgehead atoms. The Bertz CT molecular complexity index is 171. The molecule has 0 heterocycles. The van der Waals surface area contributed by atoms with Crippen molar-refractivity contribution in [1.82, 2.24) is 5.32 Å². The predicted octanol–water partition coefficient (Wildman–Crippen LogP) is 1.58. The SMILES string of the molecule is COCC(C)(C)NCCOCC(F)(F)F. The Morgan fingerprint density at radius 3 is 2.20 bits per heavy atom. The molecule has 1 N–H and O–H groups in total. The summed E-state index contributed by atoms with van der Waals surface area (Å²) in [5, 5.41) is 3.03. The average molecular weight is 229 g/mol. The fourth-order valence-corrected chi connectivity index (χ4v) is 1.06. The van der Waals surface area contributed by atoms with Gasteiger partial charge in [0.05, 0.1) is 13.2 Å². The lowest BCUT2D eigenvalue weighted by Crippen LogP contribution is -2.44. The number of nitrogens with one attached hydrogen (secondary N) is 1. The average Bonchev–Trinajstić information content (AvgIpc) is 2.00. The zero-order valence-electron chi connectivity index (χ0n) is 9.28. The lowest BCUT2D eigenvalue weighted by Gasteiger charge is -2.25. The van der Waals surface area contributed by atoms with E-state index < -0.39 is 12.8 Å². The van der Waals surface area contributed by atoms with E-state index in [1.165, 1.54) is 0 Å². The highest BCUT2D eigenvalue weighted by atomic mass is 19.4.